The summed E-state index contributed by atoms with van der Waals surface area (Å²) in [5, 5.41) is 3.61. The van der Waals surface area contributed by atoms with E-state index in [-0.39, 0.29) is 0 Å². The minimum atomic E-state index is 0.380. The molecule has 15 heavy (non-hydrogen) atoms. The summed E-state index contributed by atoms with van der Waals surface area (Å²) >= 11 is 2.00. The zero-order valence-electron chi connectivity index (χ0n) is 10.6. The Balaban J connectivity index is 2.33. The molecule has 0 amide bonds. The summed E-state index contributed by atoms with van der Waals surface area (Å²) in [5.41, 5.74) is 0.380. The van der Waals surface area contributed by atoms with Gasteiger partial charge in [0.25, 0.3) is 0 Å². The van der Waals surface area contributed by atoms with Crippen LogP contribution in [0, 0.1) is 5.41 Å². The van der Waals surface area contributed by atoms with Crippen molar-refractivity contribution in [1.82, 2.24) is 5.32 Å². The quantitative estimate of drug-likeness (QED) is 0.803. The first-order valence-electron chi connectivity index (χ1n) is 5.81. The van der Waals surface area contributed by atoms with Crippen LogP contribution in [0.4, 0.5) is 0 Å². The van der Waals surface area contributed by atoms with Crippen LogP contribution in [0.15, 0.2) is 0 Å². The van der Waals surface area contributed by atoms with Crippen molar-refractivity contribution in [2.45, 2.75) is 38.4 Å². The Labute approximate surface area is 98.5 Å². The molecule has 0 aromatic rings. The molecule has 90 valence electrons. The van der Waals surface area contributed by atoms with Crippen molar-refractivity contribution in [1.29, 1.82) is 0 Å². The standard InChI is InChI=1S/C12H25NOS/c1-11(2,3)9-13-10-12(15-4)5-7-14-8-6-12/h13H,5-10H2,1-4H3. The highest BCUT2D eigenvalue weighted by Gasteiger charge is 2.31. The molecular formula is C12H25NOS. The number of ether oxygens (including phenoxy) is 1. The van der Waals surface area contributed by atoms with E-state index in [9.17, 15) is 0 Å². The lowest BCUT2D eigenvalue weighted by atomic mass is 9.95. The van der Waals surface area contributed by atoms with Gasteiger partial charge in [-0.15, -0.1) is 0 Å². The molecule has 0 radical (unpaired) electrons. The van der Waals surface area contributed by atoms with Gasteiger partial charge in [-0.2, -0.15) is 11.8 Å². The van der Waals surface area contributed by atoms with Crippen LogP contribution in [0.2, 0.25) is 0 Å². The van der Waals surface area contributed by atoms with Gasteiger partial charge in [0, 0.05) is 31.1 Å². The van der Waals surface area contributed by atoms with Crippen LogP contribution in [0.1, 0.15) is 33.6 Å². The molecule has 0 aromatic carbocycles. The predicted octanol–water partition coefficient (Wildman–Crippen LogP) is 2.53. The SMILES string of the molecule is CSC1(CNCC(C)(C)C)CCOCC1. The van der Waals surface area contributed by atoms with E-state index < -0.39 is 0 Å². The third-order valence-electron chi connectivity index (χ3n) is 2.94. The van der Waals surface area contributed by atoms with Crippen molar-refractivity contribution in [2.24, 2.45) is 5.41 Å². The molecule has 0 bridgehead atoms. The summed E-state index contributed by atoms with van der Waals surface area (Å²) in [6, 6.07) is 0. The molecule has 1 aliphatic heterocycles. The lowest BCUT2D eigenvalue weighted by Crippen LogP contribution is -2.44. The first-order valence-corrected chi connectivity index (χ1v) is 7.04. The van der Waals surface area contributed by atoms with Gasteiger partial charge in [-0.25, -0.2) is 0 Å². The first-order chi connectivity index (χ1) is 6.97. The minimum Gasteiger partial charge on any atom is -0.381 e. The lowest BCUT2D eigenvalue weighted by Gasteiger charge is -2.36. The van der Waals surface area contributed by atoms with Crippen LogP contribution in [0.3, 0.4) is 0 Å². The van der Waals surface area contributed by atoms with E-state index in [4.69, 9.17) is 4.74 Å². The number of hydrogen-bond acceptors (Lipinski definition) is 3. The average molecular weight is 231 g/mol. The summed E-state index contributed by atoms with van der Waals surface area (Å²) in [5.74, 6) is 0. The van der Waals surface area contributed by atoms with Gasteiger partial charge in [0.2, 0.25) is 0 Å². The summed E-state index contributed by atoms with van der Waals surface area (Å²) < 4.78 is 5.85. The third-order valence-corrected chi connectivity index (χ3v) is 4.36. The maximum atomic E-state index is 5.43. The molecule has 1 saturated heterocycles. The maximum Gasteiger partial charge on any atom is 0.0479 e. The second-order valence-corrected chi connectivity index (χ2v) is 6.94. The number of rotatable bonds is 4. The van der Waals surface area contributed by atoms with E-state index in [1.54, 1.807) is 0 Å². The van der Waals surface area contributed by atoms with Crippen LogP contribution in [0.25, 0.3) is 0 Å². The highest BCUT2D eigenvalue weighted by Crippen LogP contribution is 2.33. The van der Waals surface area contributed by atoms with Gasteiger partial charge in [0.15, 0.2) is 0 Å². The van der Waals surface area contributed by atoms with E-state index in [0.717, 1.165) is 26.3 Å². The molecule has 0 aromatic heterocycles. The van der Waals surface area contributed by atoms with Gasteiger partial charge < -0.3 is 10.1 Å². The molecule has 1 fully saturated rings. The smallest absolute Gasteiger partial charge is 0.0479 e. The zero-order valence-corrected chi connectivity index (χ0v) is 11.4. The molecule has 0 unspecified atom stereocenters. The van der Waals surface area contributed by atoms with Crippen molar-refractivity contribution < 1.29 is 4.74 Å². The Kier molecular flexibility index (Phi) is 4.94. The van der Waals surface area contributed by atoms with Gasteiger partial charge in [-0.1, -0.05) is 20.8 Å². The van der Waals surface area contributed by atoms with E-state index in [2.05, 4.69) is 32.3 Å². The van der Waals surface area contributed by atoms with Gasteiger partial charge in [0.1, 0.15) is 0 Å². The fraction of sp³-hybridized carbons (Fsp3) is 1.00. The van der Waals surface area contributed by atoms with E-state index in [1.807, 2.05) is 11.8 Å². The van der Waals surface area contributed by atoms with Crippen molar-refractivity contribution >= 4 is 11.8 Å². The van der Waals surface area contributed by atoms with Crippen molar-refractivity contribution in [3.05, 3.63) is 0 Å². The monoisotopic (exact) mass is 231 g/mol. The Bertz CT molecular complexity index is 183. The molecule has 0 saturated carbocycles. The second kappa shape index (κ2) is 5.55. The molecule has 1 N–H and O–H groups in total. The van der Waals surface area contributed by atoms with Crippen LogP contribution in [-0.2, 0) is 4.74 Å². The van der Waals surface area contributed by atoms with Crippen molar-refractivity contribution in [3.63, 3.8) is 0 Å². The molecular weight excluding hydrogens is 206 g/mol. The van der Waals surface area contributed by atoms with E-state index >= 15 is 0 Å². The van der Waals surface area contributed by atoms with Crippen LogP contribution in [-0.4, -0.2) is 37.3 Å². The van der Waals surface area contributed by atoms with Gasteiger partial charge in [-0.05, 0) is 24.5 Å². The normalized spacial score (nSPS) is 21.6. The molecule has 1 rings (SSSR count). The van der Waals surface area contributed by atoms with Gasteiger partial charge in [0.05, 0.1) is 0 Å². The fourth-order valence-corrected chi connectivity index (χ4v) is 2.68. The maximum absolute atomic E-state index is 5.43. The molecule has 0 aliphatic carbocycles. The number of hydrogen-bond donors (Lipinski definition) is 1. The second-order valence-electron chi connectivity index (χ2n) is 5.66. The Hall–Kier alpha value is 0.270. The molecule has 1 heterocycles. The number of nitrogens with one attached hydrogen (secondary N) is 1. The first kappa shape index (κ1) is 13.3. The van der Waals surface area contributed by atoms with Crippen LogP contribution < -0.4 is 5.32 Å². The largest absolute Gasteiger partial charge is 0.381 e. The zero-order chi connectivity index (χ0) is 11.4. The minimum absolute atomic E-state index is 0.380. The van der Waals surface area contributed by atoms with E-state index in [0.29, 0.717) is 10.2 Å². The van der Waals surface area contributed by atoms with E-state index in [1.165, 1.54) is 12.8 Å². The predicted molar refractivity (Wildman–Crippen MR) is 68.6 cm³/mol. The highest BCUT2D eigenvalue weighted by atomic mass is 32.2. The van der Waals surface area contributed by atoms with Crippen LogP contribution in [0.5, 0.6) is 0 Å². The third kappa shape index (κ3) is 4.75. The Morgan fingerprint density at radius 1 is 1.27 bits per heavy atom. The Morgan fingerprint density at radius 2 is 1.87 bits per heavy atom. The average Bonchev–Trinajstić information content (AvgIpc) is 2.17. The van der Waals surface area contributed by atoms with Gasteiger partial charge >= 0.3 is 0 Å². The number of thioether (sulfide) groups is 1. The summed E-state index contributed by atoms with van der Waals surface area (Å²) in [7, 11) is 0. The topological polar surface area (TPSA) is 21.3 Å². The molecule has 0 atom stereocenters. The molecule has 0 spiro atoms. The van der Waals surface area contributed by atoms with Crippen molar-refractivity contribution in [2.75, 3.05) is 32.6 Å². The van der Waals surface area contributed by atoms with Crippen LogP contribution >= 0.6 is 11.8 Å². The molecule has 3 heteroatoms. The molecule has 1 aliphatic rings. The highest BCUT2D eigenvalue weighted by molar-refractivity contribution is 8.00. The lowest BCUT2D eigenvalue weighted by molar-refractivity contribution is 0.0767. The fourth-order valence-electron chi connectivity index (χ4n) is 1.86. The summed E-state index contributed by atoms with van der Waals surface area (Å²) in [4.78, 5) is 0. The molecule has 2 nitrogen and oxygen atoms in total. The summed E-state index contributed by atoms with van der Waals surface area (Å²) in [6.45, 7) is 10.9. The summed E-state index contributed by atoms with van der Waals surface area (Å²) in [6.07, 6.45) is 4.60. The van der Waals surface area contributed by atoms with Gasteiger partial charge in [-0.3, -0.25) is 0 Å². The van der Waals surface area contributed by atoms with Crippen molar-refractivity contribution in [3.8, 4) is 0 Å². The Morgan fingerprint density at radius 3 is 2.33 bits per heavy atom.